The highest BCUT2D eigenvalue weighted by molar-refractivity contribution is 6.33. The average Bonchev–Trinajstić information content (AvgIpc) is 2.93. The van der Waals surface area contributed by atoms with Crippen LogP contribution in [-0.4, -0.2) is 15.9 Å². The molecule has 1 aliphatic carbocycles. The number of rotatable bonds is 3. The molecule has 4 heteroatoms. The molecule has 0 aliphatic heterocycles. The van der Waals surface area contributed by atoms with Crippen LogP contribution in [0.1, 0.15) is 24.5 Å². The smallest absolute Gasteiger partial charge is 0.161 e. The topological polar surface area (TPSA) is 50.2 Å². The number of allylic oxidation sites excluding steroid dienone is 1. The number of pyridine rings is 1. The van der Waals surface area contributed by atoms with Gasteiger partial charge in [-0.3, -0.25) is 9.78 Å². The summed E-state index contributed by atoms with van der Waals surface area (Å²) in [6, 6.07) is 9.29. The quantitative estimate of drug-likeness (QED) is 0.939. The van der Waals surface area contributed by atoms with Gasteiger partial charge in [0, 0.05) is 46.1 Å². The van der Waals surface area contributed by atoms with Gasteiger partial charge < -0.3 is 5.11 Å². The van der Waals surface area contributed by atoms with Gasteiger partial charge in [0.15, 0.2) is 5.78 Å². The molecule has 21 heavy (non-hydrogen) atoms. The van der Waals surface area contributed by atoms with E-state index in [4.69, 9.17) is 11.6 Å². The summed E-state index contributed by atoms with van der Waals surface area (Å²) in [5.74, 6) is 0.00523. The Morgan fingerprint density at radius 2 is 2.05 bits per heavy atom. The Balaban J connectivity index is 1.97. The minimum absolute atomic E-state index is 0.00523. The van der Waals surface area contributed by atoms with E-state index < -0.39 is 6.10 Å². The lowest BCUT2D eigenvalue weighted by Crippen LogP contribution is -2.08. The number of halogens is 1. The zero-order valence-corrected chi connectivity index (χ0v) is 12.0. The second-order valence-corrected chi connectivity index (χ2v) is 5.42. The number of carbonyl (C=O) groups excluding carboxylic acids is 1. The molecule has 0 amide bonds. The molecule has 3 nitrogen and oxygen atoms in total. The number of carbonyl (C=O) groups is 1. The number of aromatic nitrogens is 1. The van der Waals surface area contributed by atoms with Gasteiger partial charge in [-0.05, 0) is 18.6 Å². The molecule has 0 saturated heterocycles. The van der Waals surface area contributed by atoms with Crippen LogP contribution < -0.4 is 0 Å². The maximum atomic E-state index is 11.7. The molecule has 106 valence electrons. The first-order chi connectivity index (χ1) is 10.2. The Kier molecular flexibility index (Phi) is 3.86. The van der Waals surface area contributed by atoms with Crippen LogP contribution in [-0.2, 0) is 4.79 Å². The molecular weight excluding hydrogens is 286 g/mol. The van der Waals surface area contributed by atoms with E-state index in [-0.39, 0.29) is 5.78 Å². The monoisotopic (exact) mass is 299 g/mol. The number of hydrogen-bond donors (Lipinski definition) is 1. The molecule has 1 aliphatic rings. The summed E-state index contributed by atoms with van der Waals surface area (Å²) in [6.45, 7) is 0. The minimum Gasteiger partial charge on any atom is -0.383 e. The number of aliphatic hydroxyl groups is 1. The molecule has 3 rings (SSSR count). The number of benzene rings is 1. The van der Waals surface area contributed by atoms with Crippen LogP contribution in [0.5, 0.6) is 0 Å². The largest absolute Gasteiger partial charge is 0.383 e. The summed E-state index contributed by atoms with van der Waals surface area (Å²) in [5, 5.41) is 11.0. The molecule has 2 aromatic rings. The van der Waals surface area contributed by atoms with Crippen molar-refractivity contribution >= 4 is 17.4 Å². The van der Waals surface area contributed by atoms with Crippen molar-refractivity contribution in [3.8, 4) is 11.1 Å². The third-order valence-electron chi connectivity index (χ3n) is 3.61. The van der Waals surface area contributed by atoms with Crippen LogP contribution in [0.3, 0.4) is 0 Å². The highest BCUT2D eigenvalue weighted by Crippen LogP contribution is 2.32. The third kappa shape index (κ3) is 2.75. The number of Topliss-reactive ketones (excluding diaryl/α,β-unsaturated/α-hetero) is 1. The second kappa shape index (κ2) is 5.80. The molecule has 1 N–H and O–H groups in total. The molecule has 0 radical (unpaired) electrons. The van der Waals surface area contributed by atoms with Crippen LogP contribution in [0.25, 0.3) is 11.1 Å². The van der Waals surface area contributed by atoms with Crippen LogP contribution >= 0.6 is 11.6 Å². The first-order valence-corrected chi connectivity index (χ1v) is 7.16. The summed E-state index contributed by atoms with van der Waals surface area (Å²) in [6.07, 6.45) is 5.33. The molecule has 1 aromatic carbocycles. The average molecular weight is 300 g/mol. The van der Waals surface area contributed by atoms with E-state index in [0.717, 1.165) is 11.1 Å². The highest BCUT2D eigenvalue weighted by atomic mass is 35.5. The standard InChI is InChI=1S/C17H14ClNO2/c18-15-6-2-1-4-13(15)11-8-12(10-19-9-11)17(21)14-5-3-7-16(14)20/h1-2,4-6,8-10,17,21H,3,7H2. The Hall–Kier alpha value is -1.97. The molecule has 1 unspecified atom stereocenters. The maximum Gasteiger partial charge on any atom is 0.161 e. The van der Waals surface area contributed by atoms with Gasteiger partial charge in [0.2, 0.25) is 0 Å². The van der Waals surface area contributed by atoms with Gasteiger partial charge in [0.05, 0.1) is 0 Å². The lowest BCUT2D eigenvalue weighted by molar-refractivity contribution is -0.115. The number of nitrogens with zero attached hydrogens (tertiary/aromatic N) is 1. The fourth-order valence-electron chi connectivity index (χ4n) is 2.51. The van der Waals surface area contributed by atoms with Gasteiger partial charge >= 0.3 is 0 Å². The molecule has 1 aromatic heterocycles. The van der Waals surface area contributed by atoms with E-state index in [1.807, 2.05) is 30.3 Å². The van der Waals surface area contributed by atoms with Crippen molar-refractivity contribution in [2.24, 2.45) is 0 Å². The Morgan fingerprint density at radius 1 is 1.24 bits per heavy atom. The third-order valence-corrected chi connectivity index (χ3v) is 3.94. The summed E-state index contributed by atoms with van der Waals surface area (Å²) in [5.41, 5.74) is 2.75. The first kappa shape index (κ1) is 14.0. The Morgan fingerprint density at radius 3 is 2.76 bits per heavy atom. The van der Waals surface area contributed by atoms with E-state index in [1.165, 1.54) is 0 Å². The molecule has 1 heterocycles. The van der Waals surface area contributed by atoms with Gasteiger partial charge in [-0.2, -0.15) is 0 Å². The number of hydrogen-bond acceptors (Lipinski definition) is 3. The zero-order valence-electron chi connectivity index (χ0n) is 11.3. The van der Waals surface area contributed by atoms with Crippen molar-refractivity contribution in [3.05, 3.63) is 65.0 Å². The Bertz CT molecular complexity index is 724. The number of aliphatic hydroxyl groups excluding tert-OH is 1. The number of ketones is 1. The van der Waals surface area contributed by atoms with E-state index in [1.54, 1.807) is 18.5 Å². The summed E-state index contributed by atoms with van der Waals surface area (Å²) in [4.78, 5) is 15.9. The normalized spacial score (nSPS) is 15.9. The fraction of sp³-hybridized carbons (Fsp3) is 0.176. The summed E-state index contributed by atoms with van der Waals surface area (Å²) >= 11 is 6.19. The van der Waals surface area contributed by atoms with Gasteiger partial charge in [-0.1, -0.05) is 35.9 Å². The van der Waals surface area contributed by atoms with Gasteiger partial charge in [-0.25, -0.2) is 0 Å². The molecule has 0 bridgehead atoms. The van der Waals surface area contributed by atoms with Crippen LogP contribution in [0.2, 0.25) is 5.02 Å². The molecule has 0 saturated carbocycles. The van der Waals surface area contributed by atoms with E-state index in [2.05, 4.69) is 4.98 Å². The van der Waals surface area contributed by atoms with Crippen molar-refractivity contribution in [2.45, 2.75) is 18.9 Å². The van der Waals surface area contributed by atoms with E-state index in [9.17, 15) is 9.90 Å². The second-order valence-electron chi connectivity index (χ2n) is 5.01. The predicted octanol–water partition coefficient (Wildman–Crippen LogP) is 3.72. The van der Waals surface area contributed by atoms with Crippen molar-refractivity contribution in [1.29, 1.82) is 0 Å². The predicted molar refractivity (Wildman–Crippen MR) is 82.0 cm³/mol. The Labute approximate surface area is 127 Å². The van der Waals surface area contributed by atoms with Crippen LogP contribution in [0.15, 0.2) is 54.4 Å². The summed E-state index contributed by atoms with van der Waals surface area (Å²) < 4.78 is 0. The fourth-order valence-corrected chi connectivity index (χ4v) is 2.76. The molecule has 0 spiro atoms. The van der Waals surface area contributed by atoms with Crippen LogP contribution in [0.4, 0.5) is 0 Å². The van der Waals surface area contributed by atoms with Gasteiger partial charge in [0.25, 0.3) is 0 Å². The van der Waals surface area contributed by atoms with Crippen molar-refractivity contribution in [2.75, 3.05) is 0 Å². The van der Waals surface area contributed by atoms with Crippen molar-refractivity contribution in [3.63, 3.8) is 0 Å². The van der Waals surface area contributed by atoms with Gasteiger partial charge in [0.1, 0.15) is 6.10 Å². The lowest BCUT2D eigenvalue weighted by Gasteiger charge is -2.13. The summed E-state index contributed by atoms with van der Waals surface area (Å²) in [7, 11) is 0. The minimum atomic E-state index is -0.921. The highest BCUT2D eigenvalue weighted by Gasteiger charge is 2.24. The maximum absolute atomic E-state index is 11.7. The molecule has 1 atom stereocenters. The SMILES string of the molecule is O=C1CCC=C1C(O)c1cncc(-c2ccccc2Cl)c1. The zero-order chi connectivity index (χ0) is 14.8. The lowest BCUT2D eigenvalue weighted by atomic mass is 9.99. The van der Waals surface area contributed by atoms with Crippen LogP contribution in [0, 0.1) is 0 Å². The molecule has 0 fully saturated rings. The molecular formula is C17H14ClNO2. The van der Waals surface area contributed by atoms with Crippen molar-refractivity contribution < 1.29 is 9.90 Å². The van der Waals surface area contributed by atoms with E-state index >= 15 is 0 Å². The van der Waals surface area contributed by atoms with Crippen molar-refractivity contribution in [1.82, 2.24) is 4.98 Å². The van der Waals surface area contributed by atoms with Gasteiger partial charge in [-0.15, -0.1) is 0 Å². The first-order valence-electron chi connectivity index (χ1n) is 6.78. The van der Waals surface area contributed by atoms with E-state index in [0.29, 0.717) is 29.0 Å².